The molecule has 0 spiro atoms. The molecule has 0 bridgehead atoms. The minimum absolute atomic E-state index is 0.321. The van der Waals surface area contributed by atoms with Crippen molar-refractivity contribution in [1.29, 1.82) is 0 Å². The lowest BCUT2D eigenvalue weighted by Gasteiger charge is -2.24. The molecule has 0 unspecified atom stereocenters. The van der Waals surface area contributed by atoms with Crippen LogP contribution in [0.15, 0.2) is 30.3 Å². The third-order valence-corrected chi connectivity index (χ3v) is 3.08. The number of primary amides is 1. The van der Waals surface area contributed by atoms with E-state index in [0.29, 0.717) is 6.04 Å². The van der Waals surface area contributed by atoms with Crippen molar-refractivity contribution in [2.75, 3.05) is 6.54 Å². The molecule has 1 aromatic rings. The van der Waals surface area contributed by atoms with Gasteiger partial charge in [0.1, 0.15) is 5.60 Å². The maximum atomic E-state index is 10.7. The number of amides is 1. The molecule has 0 radical (unpaired) electrons. The molecule has 1 atom stereocenters. The Kier molecular flexibility index (Phi) is 5.83. The maximum absolute atomic E-state index is 10.7. The highest BCUT2D eigenvalue weighted by Crippen LogP contribution is 2.17. The SMILES string of the molecule is C[C@@H](NCCCC(C)(C)OC(N)=O)c1ccccc1. The van der Waals surface area contributed by atoms with E-state index in [1.54, 1.807) is 0 Å². The van der Waals surface area contributed by atoms with Gasteiger partial charge in [0.15, 0.2) is 0 Å². The fourth-order valence-corrected chi connectivity index (χ4v) is 2.02. The Hall–Kier alpha value is -1.55. The van der Waals surface area contributed by atoms with Gasteiger partial charge < -0.3 is 15.8 Å². The van der Waals surface area contributed by atoms with Crippen LogP contribution in [0.4, 0.5) is 4.79 Å². The first-order valence-electron chi connectivity index (χ1n) is 6.67. The summed E-state index contributed by atoms with van der Waals surface area (Å²) in [7, 11) is 0. The second-order valence-electron chi connectivity index (χ2n) is 5.37. The van der Waals surface area contributed by atoms with E-state index in [2.05, 4.69) is 24.4 Å². The minimum Gasteiger partial charge on any atom is -0.444 e. The molecule has 106 valence electrons. The molecule has 0 heterocycles. The fraction of sp³-hybridized carbons (Fsp3) is 0.533. The number of ether oxygens (including phenoxy) is 1. The summed E-state index contributed by atoms with van der Waals surface area (Å²) in [6, 6.07) is 10.6. The van der Waals surface area contributed by atoms with E-state index >= 15 is 0 Å². The second-order valence-corrected chi connectivity index (χ2v) is 5.37. The highest BCUT2D eigenvalue weighted by atomic mass is 16.6. The Morgan fingerprint density at radius 3 is 2.58 bits per heavy atom. The summed E-state index contributed by atoms with van der Waals surface area (Å²) < 4.78 is 5.04. The monoisotopic (exact) mass is 264 g/mol. The molecule has 19 heavy (non-hydrogen) atoms. The van der Waals surface area contributed by atoms with E-state index in [-0.39, 0.29) is 0 Å². The van der Waals surface area contributed by atoms with Gasteiger partial charge in [0.05, 0.1) is 0 Å². The Bertz CT molecular complexity index is 390. The summed E-state index contributed by atoms with van der Waals surface area (Å²) in [6.07, 6.45) is 0.998. The number of rotatable bonds is 7. The first-order valence-corrected chi connectivity index (χ1v) is 6.67. The molecule has 1 amide bonds. The summed E-state index contributed by atoms with van der Waals surface area (Å²) in [4.78, 5) is 10.7. The number of nitrogens with one attached hydrogen (secondary N) is 1. The molecule has 0 aliphatic heterocycles. The lowest BCUT2D eigenvalue weighted by molar-refractivity contribution is 0.0376. The van der Waals surface area contributed by atoms with Crippen molar-refractivity contribution < 1.29 is 9.53 Å². The van der Waals surface area contributed by atoms with Crippen molar-refractivity contribution in [3.63, 3.8) is 0 Å². The second kappa shape index (κ2) is 7.14. The van der Waals surface area contributed by atoms with Crippen LogP contribution in [-0.4, -0.2) is 18.2 Å². The van der Waals surface area contributed by atoms with Gasteiger partial charge >= 0.3 is 6.09 Å². The van der Waals surface area contributed by atoms with Gasteiger partial charge in [-0.3, -0.25) is 0 Å². The molecule has 0 aliphatic rings. The van der Waals surface area contributed by atoms with Crippen molar-refractivity contribution in [1.82, 2.24) is 5.32 Å². The number of benzene rings is 1. The van der Waals surface area contributed by atoms with Crippen LogP contribution in [0.2, 0.25) is 0 Å². The van der Waals surface area contributed by atoms with Crippen molar-refractivity contribution in [2.45, 2.75) is 45.3 Å². The Morgan fingerprint density at radius 2 is 2.00 bits per heavy atom. The van der Waals surface area contributed by atoms with E-state index in [0.717, 1.165) is 19.4 Å². The van der Waals surface area contributed by atoms with Crippen molar-refractivity contribution >= 4 is 6.09 Å². The molecule has 0 saturated heterocycles. The van der Waals surface area contributed by atoms with Crippen LogP contribution in [0.25, 0.3) is 0 Å². The fourth-order valence-electron chi connectivity index (χ4n) is 2.02. The van der Waals surface area contributed by atoms with Crippen LogP contribution in [-0.2, 0) is 4.74 Å². The van der Waals surface area contributed by atoms with E-state index in [4.69, 9.17) is 10.5 Å². The molecule has 4 nitrogen and oxygen atoms in total. The van der Waals surface area contributed by atoms with Crippen LogP contribution in [0.3, 0.4) is 0 Å². The summed E-state index contributed by atoms with van der Waals surface area (Å²) in [5.74, 6) is 0. The Balaban J connectivity index is 2.26. The average molecular weight is 264 g/mol. The smallest absolute Gasteiger partial charge is 0.405 e. The summed E-state index contributed by atoms with van der Waals surface area (Å²) in [5.41, 5.74) is 5.81. The molecule has 4 heteroatoms. The van der Waals surface area contributed by atoms with Gasteiger partial charge in [-0.1, -0.05) is 30.3 Å². The normalized spacial score (nSPS) is 13.0. The highest BCUT2D eigenvalue weighted by molar-refractivity contribution is 5.65. The Morgan fingerprint density at radius 1 is 1.37 bits per heavy atom. The quantitative estimate of drug-likeness (QED) is 0.744. The van der Waals surface area contributed by atoms with Gasteiger partial charge in [-0.2, -0.15) is 0 Å². The van der Waals surface area contributed by atoms with E-state index in [9.17, 15) is 4.79 Å². The molecule has 0 aromatic heterocycles. The van der Waals surface area contributed by atoms with Crippen LogP contribution in [0.1, 0.15) is 45.2 Å². The number of nitrogens with two attached hydrogens (primary N) is 1. The van der Waals surface area contributed by atoms with E-state index < -0.39 is 11.7 Å². The number of hydrogen-bond acceptors (Lipinski definition) is 3. The van der Waals surface area contributed by atoms with Gasteiger partial charge in [-0.15, -0.1) is 0 Å². The van der Waals surface area contributed by atoms with Crippen molar-refractivity contribution in [3.8, 4) is 0 Å². The van der Waals surface area contributed by atoms with Gasteiger partial charge in [-0.25, -0.2) is 4.79 Å². The van der Waals surface area contributed by atoms with Crippen LogP contribution < -0.4 is 11.1 Å². The summed E-state index contributed by atoms with van der Waals surface area (Å²) in [5, 5.41) is 3.45. The average Bonchev–Trinajstić information content (AvgIpc) is 2.34. The third-order valence-electron chi connectivity index (χ3n) is 3.08. The number of hydrogen-bond donors (Lipinski definition) is 2. The minimum atomic E-state index is -0.712. The molecule has 0 aliphatic carbocycles. The molecule has 1 rings (SSSR count). The zero-order chi connectivity index (χ0) is 14.3. The molecule has 0 fully saturated rings. The van der Waals surface area contributed by atoms with Gasteiger partial charge in [0.25, 0.3) is 0 Å². The van der Waals surface area contributed by atoms with Gasteiger partial charge in [-0.05, 0) is 45.7 Å². The predicted octanol–water partition coefficient (Wildman–Crippen LogP) is 2.99. The zero-order valence-electron chi connectivity index (χ0n) is 12.0. The van der Waals surface area contributed by atoms with E-state index in [1.807, 2.05) is 32.0 Å². The molecule has 1 aromatic carbocycles. The molecular formula is C15H24N2O2. The number of carbonyl (C=O) groups is 1. The molecular weight excluding hydrogens is 240 g/mol. The van der Waals surface area contributed by atoms with Gasteiger partial charge in [0.2, 0.25) is 0 Å². The molecule has 0 saturated carbocycles. The Labute approximate surface area is 115 Å². The summed E-state index contributed by atoms with van der Waals surface area (Å²) in [6.45, 7) is 6.76. The van der Waals surface area contributed by atoms with Gasteiger partial charge in [0, 0.05) is 6.04 Å². The molecule has 3 N–H and O–H groups in total. The topological polar surface area (TPSA) is 64.3 Å². The lowest BCUT2D eigenvalue weighted by atomic mass is 10.0. The highest BCUT2D eigenvalue weighted by Gasteiger charge is 2.20. The number of carbonyl (C=O) groups excluding carboxylic acids is 1. The zero-order valence-corrected chi connectivity index (χ0v) is 12.0. The predicted molar refractivity (Wildman–Crippen MR) is 76.8 cm³/mol. The largest absolute Gasteiger partial charge is 0.444 e. The standard InChI is InChI=1S/C15H24N2O2/c1-12(13-8-5-4-6-9-13)17-11-7-10-15(2,3)19-14(16)18/h4-6,8-9,12,17H,7,10-11H2,1-3H3,(H2,16,18)/t12-/m1/s1. The third kappa shape index (κ3) is 6.25. The van der Waals surface area contributed by atoms with Crippen LogP contribution in [0, 0.1) is 0 Å². The summed E-state index contributed by atoms with van der Waals surface area (Å²) >= 11 is 0. The van der Waals surface area contributed by atoms with Crippen LogP contribution in [0.5, 0.6) is 0 Å². The van der Waals surface area contributed by atoms with E-state index in [1.165, 1.54) is 5.56 Å². The maximum Gasteiger partial charge on any atom is 0.405 e. The van der Waals surface area contributed by atoms with Crippen LogP contribution >= 0.6 is 0 Å². The lowest BCUT2D eigenvalue weighted by Crippen LogP contribution is -2.32. The first kappa shape index (κ1) is 15.5. The van der Waals surface area contributed by atoms with Crippen molar-refractivity contribution in [2.24, 2.45) is 5.73 Å². The first-order chi connectivity index (χ1) is 8.91. The van der Waals surface area contributed by atoms with Crippen molar-refractivity contribution in [3.05, 3.63) is 35.9 Å².